The molecule has 0 aliphatic carbocycles. The second-order valence-electron chi connectivity index (χ2n) is 6.32. The molecule has 30 heavy (non-hydrogen) atoms. The number of allylic oxidation sites excluding steroid dienone is 1. The van der Waals surface area contributed by atoms with E-state index in [1.165, 1.54) is 7.11 Å². The molecule has 0 N–H and O–H groups in total. The molecule has 0 heterocycles. The fourth-order valence-corrected chi connectivity index (χ4v) is 3.34. The third-order valence-electron chi connectivity index (χ3n) is 4.40. The van der Waals surface area contributed by atoms with Gasteiger partial charge in [0.1, 0.15) is 0 Å². The molecule has 0 aromatic heterocycles. The number of hydrogen-bond acceptors (Lipinski definition) is 5. The number of methoxy groups -OCH3 is 1. The minimum Gasteiger partial charge on any atom is -0.490 e. The molecule has 3 rings (SSSR count). The van der Waals surface area contributed by atoms with Gasteiger partial charge in [-0.25, -0.2) is 4.79 Å². The monoisotopic (exact) mass is 421 g/mol. The first-order chi connectivity index (χ1) is 14.6. The van der Waals surface area contributed by atoms with Crippen LogP contribution in [-0.2, 0) is 9.53 Å². The molecular weight excluding hydrogens is 402 g/mol. The summed E-state index contributed by atoms with van der Waals surface area (Å²) in [7, 11) is 1.28. The van der Waals surface area contributed by atoms with Crippen LogP contribution in [0, 0.1) is 11.3 Å². The molecule has 0 atom stereocenters. The summed E-state index contributed by atoms with van der Waals surface area (Å²) in [6.07, 6.45) is 1.75. The zero-order valence-corrected chi connectivity index (χ0v) is 17.4. The predicted molar refractivity (Wildman–Crippen MR) is 118 cm³/mol. The lowest BCUT2D eigenvalue weighted by atomic mass is 9.97. The van der Waals surface area contributed by atoms with Crippen LogP contribution in [0.15, 0.2) is 54.6 Å². The van der Waals surface area contributed by atoms with Crippen molar-refractivity contribution in [1.29, 1.82) is 5.26 Å². The van der Waals surface area contributed by atoms with Gasteiger partial charge in [-0.2, -0.15) is 5.26 Å². The molecule has 6 heteroatoms. The van der Waals surface area contributed by atoms with Gasteiger partial charge in [0.05, 0.1) is 30.4 Å². The Morgan fingerprint density at radius 1 is 1.13 bits per heavy atom. The van der Waals surface area contributed by atoms with Crippen molar-refractivity contribution in [3.05, 3.63) is 70.7 Å². The highest BCUT2D eigenvalue weighted by Gasteiger charge is 2.15. The predicted octanol–water partition coefficient (Wildman–Crippen LogP) is 5.51. The Morgan fingerprint density at radius 2 is 1.90 bits per heavy atom. The van der Waals surface area contributed by atoms with Crippen LogP contribution in [0.3, 0.4) is 0 Å². The van der Waals surface area contributed by atoms with Crippen LogP contribution in [-0.4, -0.2) is 26.3 Å². The van der Waals surface area contributed by atoms with Gasteiger partial charge in [0.15, 0.2) is 18.1 Å². The topological polar surface area (TPSA) is 68.5 Å². The molecule has 0 aliphatic rings. The molecule has 0 bridgehead atoms. The summed E-state index contributed by atoms with van der Waals surface area (Å²) in [5.74, 6) is 0.111. The Hall–Kier alpha value is -3.49. The van der Waals surface area contributed by atoms with Gasteiger partial charge in [-0.05, 0) is 41.5 Å². The summed E-state index contributed by atoms with van der Waals surface area (Å²) in [5, 5.41) is 12.1. The molecule has 0 aliphatic heterocycles. The number of nitrogens with zero attached hydrogens (tertiary/aromatic N) is 1. The molecule has 0 saturated heterocycles. The number of nitriles is 1. The number of fused-ring (bicyclic) bond motifs is 1. The molecule has 0 radical (unpaired) electrons. The van der Waals surface area contributed by atoms with Crippen molar-refractivity contribution in [3.63, 3.8) is 0 Å². The van der Waals surface area contributed by atoms with E-state index >= 15 is 0 Å². The lowest BCUT2D eigenvalue weighted by molar-refractivity contribution is -0.142. The lowest BCUT2D eigenvalue weighted by Crippen LogP contribution is -2.13. The largest absolute Gasteiger partial charge is 0.490 e. The second kappa shape index (κ2) is 9.82. The van der Waals surface area contributed by atoms with Gasteiger partial charge < -0.3 is 14.2 Å². The minimum absolute atomic E-state index is 0.254. The third-order valence-corrected chi connectivity index (χ3v) is 4.69. The molecule has 0 spiro atoms. The quantitative estimate of drug-likeness (QED) is 0.286. The smallest absolute Gasteiger partial charge is 0.343 e. The van der Waals surface area contributed by atoms with Crippen LogP contribution < -0.4 is 9.47 Å². The maximum atomic E-state index is 11.4. The molecule has 5 nitrogen and oxygen atoms in total. The molecule has 0 unspecified atom stereocenters. The molecule has 3 aromatic rings. The van der Waals surface area contributed by atoms with Crippen molar-refractivity contribution in [3.8, 4) is 17.6 Å². The number of esters is 1. The fourth-order valence-electron chi connectivity index (χ4n) is 3.06. The van der Waals surface area contributed by atoms with Crippen LogP contribution in [0.1, 0.15) is 18.1 Å². The highest BCUT2D eigenvalue weighted by molar-refractivity contribution is 6.32. The fraction of sp³-hybridized carbons (Fsp3) is 0.167. The summed E-state index contributed by atoms with van der Waals surface area (Å²) in [6.45, 7) is 1.93. The van der Waals surface area contributed by atoms with E-state index in [1.54, 1.807) is 18.2 Å². The van der Waals surface area contributed by atoms with E-state index in [1.807, 2.05) is 49.4 Å². The van der Waals surface area contributed by atoms with Gasteiger partial charge in [-0.15, -0.1) is 0 Å². The van der Waals surface area contributed by atoms with Crippen molar-refractivity contribution in [1.82, 2.24) is 0 Å². The Labute approximate surface area is 180 Å². The van der Waals surface area contributed by atoms with Crippen LogP contribution in [0.2, 0.25) is 5.02 Å². The van der Waals surface area contributed by atoms with E-state index in [2.05, 4.69) is 10.8 Å². The Balaban J connectivity index is 2.04. The number of benzene rings is 3. The van der Waals surface area contributed by atoms with Gasteiger partial charge in [-0.3, -0.25) is 0 Å². The zero-order valence-electron chi connectivity index (χ0n) is 16.6. The maximum absolute atomic E-state index is 11.4. The highest BCUT2D eigenvalue weighted by atomic mass is 35.5. The number of halogens is 1. The first kappa shape index (κ1) is 21.2. The summed E-state index contributed by atoms with van der Waals surface area (Å²) >= 11 is 6.40. The van der Waals surface area contributed by atoms with E-state index in [0.29, 0.717) is 23.5 Å². The van der Waals surface area contributed by atoms with Gasteiger partial charge >= 0.3 is 5.97 Å². The van der Waals surface area contributed by atoms with E-state index < -0.39 is 5.97 Å². The average molecular weight is 422 g/mol. The Bertz CT molecular complexity index is 1140. The van der Waals surface area contributed by atoms with Crippen molar-refractivity contribution < 1.29 is 19.0 Å². The van der Waals surface area contributed by atoms with Gasteiger partial charge in [0.25, 0.3) is 0 Å². The molecular formula is C24H20ClNO4. The second-order valence-corrected chi connectivity index (χ2v) is 6.73. The lowest BCUT2D eigenvalue weighted by Gasteiger charge is -2.14. The van der Waals surface area contributed by atoms with Crippen molar-refractivity contribution in [2.75, 3.05) is 20.3 Å². The standard InChI is InChI=1S/C24H20ClNO4/c1-3-29-22-13-16(12-21(25)24(22)30-15-23(27)28-2)11-18(14-26)20-10-6-8-17-7-4-5-9-19(17)20/h4-13H,3,15H2,1-2H3/b18-11+. The van der Waals surface area contributed by atoms with Crippen LogP contribution in [0.25, 0.3) is 22.4 Å². The van der Waals surface area contributed by atoms with Crippen LogP contribution in [0.4, 0.5) is 0 Å². The number of carbonyl (C=O) groups is 1. The van der Waals surface area contributed by atoms with Gasteiger partial charge in [-0.1, -0.05) is 54.1 Å². The number of carbonyl (C=O) groups excluding carboxylic acids is 1. The Morgan fingerprint density at radius 3 is 2.63 bits per heavy atom. The van der Waals surface area contributed by atoms with E-state index in [9.17, 15) is 10.1 Å². The van der Waals surface area contributed by atoms with Crippen molar-refractivity contribution in [2.45, 2.75) is 6.92 Å². The van der Waals surface area contributed by atoms with E-state index in [4.69, 9.17) is 21.1 Å². The number of rotatable bonds is 7. The zero-order chi connectivity index (χ0) is 21.5. The first-order valence-corrected chi connectivity index (χ1v) is 9.71. The Kier molecular flexibility index (Phi) is 6.95. The maximum Gasteiger partial charge on any atom is 0.343 e. The van der Waals surface area contributed by atoms with Crippen LogP contribution >= 0.6 is 11.6 Å². The third kappa shape index (κ3) is 4.73. The molecule has 3 aromatic carbocycles. The molecule has 0 amide bonds. The first-order valence-electron chi connectivity index (χ1n) is 9.33. The molecule has 152 valence electrons. The van der Waals surface area contributed by atoms with Gasteiger partial charge in [0, 0.05) is 5.56 Å². The highest BCUT2D eigenvalue weighted by Crippen LogP contribution is 2.38. The van der Waals surface area contributed by atoms with E-state index in [-0.39, 0.29) is 17.4 Å². The minimum atomic E-state index is -0.528. The van der Waals surface area contributed by atoms with Gasteiger partial charge in [0.2, 0.25) is 0 Å². The van der Waals surface area contributed by atoms with Crippen molar-refractivity contribution >= 4 is 40.0 Å². The summed E-state index contributed by atoms with van der Waals surface area (Å²) in [5.41, 5.74) is 2.00. The SMILES string of the molecule is CCOc1cc(/C=C(\C#N)c2cccc3ccccc23)cc(Cl)c1OCC(=O)OC. The number of ether oxygens (including phenoxy) is 3. The number of hydrogen-bond donors (Lipinski definition) is 0. The normalized spacial score (nSPS) is 11.1. The summed E-state index contributed by atoms with van der Waals surface area (Å²) in [6, 6.07) is 19.4. The van der Waals surface area contributed by atoms with E-state index in [0.717, 1.165) is 16.3 Å². The molecule has 0 fully saturated rings. The van der Waals surface area contributed by atoms with Crippen LogP contribution in [0.5, 0.6) is 11.5 Å². The summed E-state index contributed by atoms with van der Waals surface area (Å²) in [4.78, 5) is 11.4. The molecule has 0 saturated carbocycles. The van der Waals surface area contributed by atoms with Crippen molar-refractivity contribution in [2.24, 2.45) is 0 Å². The summed E-state index contributed by atoms with van der Waals surface area (Å²) < 4.78 is 15.7. The average Bonchev–Trinajstić information content (AvgIpc) is 2.76.